The molecule has 0 radical (unpaired) electrons. The van der Waals surface area contributed by atoms with Crippen LogP contribution in [0.1, 0.15) is 54.2 Å². The second-order valence-corrected chi connectivity index (χ2v) is 6.69. The van der Waals surface area contributed by atoms with Crippen LogP contribution in [0.2, 0.25) is 0 Å². The van der Waals surface area contributed by atoms with Gasteiger partial charge in [0.25, 0.3) is 0 Å². The summed E-state index contributed by atoms with van der Waals surface area (Å²) in [5.74, 6) is 2.75. The van der Waals surface area contributed by atoms with E-state index in [9.17, 15) is 4.79 Å². The summed E-state index contributed by atoms with van der Waals surface area (Å²) in [6, 6.07) is 14.9. The van der Waals surface area contributed by atoms with Crippen LogP contribution in [0.4, 0.5) is 0 Å². The molecule has 0 saturated heterocycles. The van der Waals surface area contributed by atoms with Gasteiger partial charge in [-0.1, -0.05) is 18.2 Å². The predicted molar refractivity (Wildman–Crippen MR) is 99.7 cm³/mol. The zero-order valence-corrected chi connectivity index (χ0v) is 15.0. The first kappa shape index (κ1) is 17.5. The van der Waals surface area contributed by atoms with Gasteiger partial charge >= 0.3 is 0 Å². The van der Waals surface area contributed by atoms with Crippen molar-refractivity contribution in [3.63, 3.8) is 0 Å². The zero-order valence-electron chi connectivity index (χ0n) is 15.0. The predicted octanol–water partition coefficient (Wildman–Crippen LogP) is 4.89. The van der Waals surface area contributed by atoms with Crippen LogP contribution in [0.15, 0.2) is 42.5 Å². The van der Waals surface area contributed by atoms with Crippen LogP contribution in [-0.4, -0.2) is 20.5 Å². The molecular weight excluding hydrogens is 312 g/mol. The minimum Gasteiger partial charge on any atom is -0.497 e. The SMILES string of the molecule is COc1ccc(C2CCc3cc(OC)ccc3C2CCCC=O)cc1. The maximum Gasteiger partial charge on any atom is 0.119 e. The van der Waals surface area contributed by atoms with Gasteiger partial charge in [0.05, 0.1) is 14.2 Å². The monoisotopic (exact) mass is 338 g/mol. The number of ether oxygens (including phenoxy) is 2. The molecule has 132 valence electrons. The second-order valence-electron chi connectivity index (χ2n) is 6.69. The van der Waals surface area contributed by atoms with Crippen molar-refractivity contribution >= 4 is 6.29 Å². The highest BCUT2D eigenvalue weighted by Gasteiger charge is 2.30. The van der Waals surface area contributed by atoms with Crippen molar-refractivity contribution in [2.45, 2.75) is 43.9 Å². The van der Waals surface area contributed by atoms with Crippen LogP contribution < -0.4 is 9.47 Å². The number of unbranched alkanes of at least 4 members (excludes halogenated alkanes) is 1. The van der Waals surface area contributed by atoms with Gasteiger partial charge in [0.2, 0.25) is 0 Å². The maximum atomic E-state index is 10.8. The third-order valence-corrected chi connectivity index (χ3v) is 5.34. The maximum absolute atomic E-state index is 10.8. The Morgan fingerprint density at radius 3 is 2.44 bits per heavy atom. The number of methoxy groups -OCH3 is 2. The highest BCUT2D eigenvalue weighted by Crippen LogP contribution is 2.46. The first-order chi connectivity index (χ1) is 12.3. The van der Waals surface area contributed by atoms with Crippen molar-refractivity contribution in [3.05, 3.63) is 59.2 Å². The number of benzene rings is 2. The summed E-state index contributed by atoms with van der Waals surface area (Å²) in [6.45, 7) is 0. The number of carbonyl (C=O) groups excluding carboxylic acids is 1. The van der Waals surface area contributed by atoms with E-state index < -0.39 is 0 Å². The Balaban J connectivity index is 1.91. The van der Waals surface area contributed by atoms with Gasteiger partial charge in [-0.15, -0.1) is 0 Å². The Morgan fingerprint density at radius 1 is 1.04 bits per heavy atom. The summed E-state index contributed by atoms with van der Waals surface area (Å²) in [5.41, 5.74) is 4.16. The summed E-state index contributed by atoms with van der Waals surface area (Å²) in [5, 5.41) is 0. The lowest BCUT2D eigenvalue weighted by molar-refractivity contribution is -0.107. The molecule has 0 aromatic heterocycles. The Kier molecular flexibility index (Phi) is 5.75. The number of aryl methyl sites for hydroxylation is 1. The fraction of sp³-hybridized carbons (Fsp3) is 0.409. The molecule has 1 aliphatic rings. The third-order valence-electron chi connectivity index (χ3n) is 5.34. The molecule has 2 unspecified atom stereocenters. The molecule has 0 aliphatic heterocycles. The first-order valence-corrected chi connectivity index (χ1v) is 9.01. The quantitative estimate of drug-likeness (QED) is 0.533. The molecule has 25 heavy (non-hydrogen) atoms. The Bertz CT molecular complexity index is 706. The van der Waals surface area contributed by atoms with Gasteiger partial charge in [-0.2, -0.15) is 0 Å². The van der Waals surface area contributed by atoms with Crippen molar-refractivity contribution in [2.75, 3.05) is 14.2 Å². The summed E-state index contributed by atoms with van der Waals surface area (Å²) in [6.07, 6.45) is 5.82. The topological polar surface area (TPSA) is 35.5 Å². The summed E-state index contributed by atoms with van der Waals surface area (Å²) < 4.78 is 10.7. The molecule has 0 spiro atoms. The highest BCUT2D eigenvalue weighted by molar-refractivity contribution is 5.49. The van der Waals surface area contributed by atoms with Gasteiger partial charge in [-0.05, 0) is 78.5 Å². The summed E-state index contributed by atoms with van der Waals surface area (Å²) in [7, 11) is 3.41. The van der Waals surface area contributed by atoms with Gasteiger partial charge < -0.3 is 14.3 Å². The van der Waals surface area contributed by atoms with E-state index in [0.29, 0.717) is 18.3 Å². The van der Waals surface area contributed by atoms with E-state index in [1.807, 2.05) is 12.1 Å². The minimum absolute atomic E-state index is 0.447. The van der Waals surface area contributed by atoms with Crippen LogP contribution in [0.5, 0.6) is 11.5 Å². The highest BCUT2D eigenvalue weighted by atomic mass is 16.5. The Hall–Kier alpha value is -2.29. The number of rotatable bonds is 7. The van der Waals surface area contributed by atoms with Crippen LogP contribution in [-0.2, 0) is 11.2 Å². The summed E-state index contributed by atoms with van der Waals surface area (Å²) in [4.78, 5) is 10.8. The molecular formula is C22H26O3. The summed E-state index contributed by atoms with van der Waals surface area (Å²) >= 11 is 0. The number of hydrogen-bond acceptors (Lipinski definition) is 3. The van der Waals surface area contributed by atoms with Crippen LogP contribution in [0.3, 0.4) is 0 Å². The molecule has 3 nitrogen and oxygen atoms in total. The molecule has 3 rings (SSSR count). The number of aldehydes is 1. The van der Waals surface area contributed by atoms with Crippen molar-refractivity contribution in [1.82, 2.24) is 0 Å². The number of carbonyl (C=O) groups is 1. The molecule has 0 fully saturated rings. The minimum atomic E-state index is 0.447. The van der Waals surface area contributed by atoms with E-state index in [1.165, 1.54) is 16.7 Å². The Labute approximate surface area is 150 Å². The van der Waals surface area contributed by atoms with E-state index in [1.54, 1.807) is 14.2 Å². The largest absolute Gasteiger partial charge is 0.497 e. The lowest BCUT2D eigenvalue weighted by atomic mass is 9.70. The molecule has 1 aliphatic carbocycles. The molecule has 0 saturated carbocycles. The van der Waals surface area contributed by atoms with Crippen molar-refractivity contribution in [1.29, 1.82) is 0 Å². The van der Waals surface area contributed by atoms with Gasteiger partial charge in [0.15, 0.2) is 0 Å². The first-order valence-electron chi connectivity index (χ1n) is 9.01. The lowest BCUT2D eigenvalue weighted by Crippen LogP contribution is -2.19. The number of hydrogen-bond donors (Lipinski definition) is 0. The van der Waals surface area contributed by atoms with Crippen molar-refractivity contribution in [2.24, 2.45) is 0 Å². The fourth-order valence-corrected chi connectivity index (χ4v) is 4.04. The normalized spacial score (nSPS) is 19.1. The third kappa shape index (κ3) is 3.87. The fourth-order valence-electron chi connectivity index (χ4n) is 4.04. The van der Waals surface area contributed by atoms with E-state index >= 15 is 0 Å². The van der Waals surface area contributed by atoms with Crippen LogP contribution in [0, 0.1) is 0 Å². The van der Waals surface area contributed by atoms with Crippen molar-refractivity contribution < 1.29 is 14.3 Å². The smallest absolute Gasteiger partial charge is 0.119 e. The van der Waals surface area contributed by atoms with E-state index in [-0.39, 0.29) is 0 Å². The van der Waals surface area contributed by atoms with Crippen LogP contribution in [0.25, 0.3) is 0 Å². The molecule has 0 bridgehead atoms. The average molecular weight is 338 g/mol. The molecule has 0 N–H and O–H groups in total. The average Bonchev–Trinajstić information content (AvgIpc) is 2.67. The van der Waals surface area contributed by atoms with E-state index in [0.717, 1.165) is 43.5 Å². The second kappa shape index (κ2) is 8.19. The number of fused-ring (bicyclic) bond motifs is 1. The molecule has 2 aromatic rings. The lowest BCUT2D eigenvalue weighted by Gasteiger charge is -2.34. The molecule has 0 heterocycles. The van der Waals surface area contributed by atoms with E-state index in [2.05, 4.69) is 30.3 Å². The van der Waals surface area contributed by atoms with Crippen molar-refractivity contribution in [3.8, 4) is 11.5 Å². The molecule has 3 heteroatoms. The van der Waals surface area contributed by atoms with E-state index in [4.69, 9.17) is 9.47 Å². The van der Waals surface area contributed by atoms with Gasteiger partial charge in [-0.3, -0.25) is 0 Å². The molecule has 2 aromatic carbocycles. The standard InChI is InChI=1S/C22H26O3/c1-24-18-9-6-16(7-10-18)20-12-8-17-15-19(25-2)11-13-21(17)22(20)5-3-4-14-23/h6-7,9-11,13-15,20,22H,3-5,8,12H2,1-2H3. The Morgan fingerprint density at radius 2 is 1.76 bits per heavy atom. The zero-order chi connectivity index (χ0) is 17.6. The van der Waals surface area contributed by atoms with Gasteiger partial charge in [-0.25, -0.2) is 0 Å². The molecule has 2 atom stereocenters. The van der Waals surface area contributed by atoms with Crippen LogP contribution >= 0.6 is 0 Å². The van der Waals surface area contributed by atoms with Gasteiger partial charge in [0.1, 0.15) is 17.8 Å². The van der Waals surface area contributed by atoms with Gasteiger partial charge in [0, 0.05) is 6.42 Å². The molecule has 0 amide bonds.